The molecule has 2 atom stereocenters. The van der Waals surface area contributed by atoms with Crippen LogP contribution in [-0.2, 0) is 9.47 Å². The number of nitrogens with two attached hydrogens (primary N) is 1. The second-order valence-corrected chi connectivity index (χ2v) is 10.5. The van der Waals surface area contributed by atoms with Crippen molar-refractivity contribution in [2.24, 2.45) is 11.7 Å². The molecular weight excluding hydrogens is 438 g/mol. The second kappa shape index (κ2) is 9.66. The van der Waals surface area contributed by atoms with Gasteiger partial charge in [-0.15, -0.1) is 0 Å². The van der Waals surface area contributed by atoms with Crippen molar-refractivity contribution in [2.45, 2.75) is 62.2 Å². The van der Waals surface area contributed by atoms with Gasteiger partial charge in [0, 0.05) is 42.7 Å². The van der Waals surface area contributed by atoms with E-state index in [-0.39, 0.29) is 5.79 Å². The SMILES string of the molecule is CC1CCCCC1n1cc(C(N)=O)c(Nc2ccc(SN3CCC4(CC3)OCCO4)cc2)n1. The molecule has 1 aromatic heterocycles. The predicted molar refractivity (Wildman–Crippen MR) is 128 cm³/mol. The van der Waals surface area contributed by atoms with Crippen LogP contribution in [0.15, 0.2) is 35.4 Å². The molecule has 1 aliphatic carbocycles. The maximum absolute atomic E-state index is 12.1. The van der Waals surface area contributed by atoms with Crippen LogP contribution in [-0.4, -0.2) is 52.1 Å². The molecule has 2 unspecified atom stereocenters. The molecule has 5 rings (SSSR count). The van der Waals surface area contributed by atoms with Gasteiger partial charge in [-0.25, -0.2) is 4.31 Å². The van der Waals surface area contributed by atoms with E-state index in [2.05, 4.69) is 28.7 Å². The Labute approximate surface area is 199 Å². The topological polar surface area (TPSA) is 94.6 Å². The van der Waals surface area contributed by atoms with E-state index in [0.717, 1.165) is 38.0 Å². The number of amides is 1. The zero-order valence-electron chi connectivity index (χ0n) is 19.2. The standard InChI is InChI=1S/C24H33N5O3S/c1-17-4-2-3-5-21(17)29-16-20(22(25)30)23(27-29)26-18-6-8-19(9-7-18)33-28-12-10-24(11-13-28)31-14-15-32-24/h6-9,16-17,21H,2-5,10-15H2,1H3,(H2,25,30)(H,26,27). The van der Waals surface area contributed by atoms with Crippen LogP contribution >= 0.6 is 11.9 Å². The number of hydrogen-bond acceptors (Lipinski definition) is 7. The van der Waals surface area contributed by atoms with Gasteiger partial charge in [0.15, 0.2) is 11.6 Å². The first kappa shape index (κ1) is 22.7. The lowest BCUT2D eigenvalue weighted by atomic mass is 9.86. The van der Waals surface area contributed by atoms with Gasteiger partial charge in [0.25, 0.3) is 5.91 Å². The molecule has 1 saturated carbocycles. The number of primary amides is 1. The molecule has 3 heterocycles. The Balaban J connectivity index is 1.22. The molecule has 1 amide bonds. The van der Waals surface area contributed by atoms with E-state index in [1.807, 2.05) is 23.0 Å². The van der Waals surface area contributed by atoms with Crippen molar-refractivity contribution in [2.75, 3.05) is 31.6 Å². The van der Waals surface area contributed by atoms with Gasteiger partial charge in [0.05, 0.1) is 19.3 Å². The molecule has 178 valence electrons. The monoisotopic (exact) mass is 471 g/mol. The van der Waals surface area contributed by atoms with Gasteiger partial charge in [-0.05, 0) is 55.0 Å². The van der Waals surface area contributed by atoms with E-state index in [4.69, 9.17) is 20.3 Å². The summed E-state index contributed by atoms with van der Waals surface area (Å²) in [7, 11) is 0. The van der Waals surface area contributed by atoms with Gasteiger partial charge in [0.1, 0.15) is 5.56 Å². The average Bonchev–Trinajstić information content (AvgIpc) is 3.45. The molecule has 9 heteroatoms. The van der Waals surface area contributed by atoms with Crippen molar-refractivity contribution in [3.05, 3.63) is 36.0 Å². The van der Waals surface area contributed by atoms with Crippen LogP contribution in [0.2, 0.25) is 0 Å². The molecule has 3 fully saturated rings. The zero-order valence-corrected chi connectivity index (χ0v) is 20.0. The summed E-state index contributed by atoms with van der Waals surface area (Å²) < 4.78 is 15.9. The molecule has 3 N–H and O–H groups in total. The summed E-state index contributed by atoms with van der Waals surface area (Å²) in [6, 6.07) is 8.53. The summed E-state index contributed by atoms with van der Waals surface area (Å²) in [6.07, 6.45) is 8.34. The molecule has 2 aromatic rings. The minimum atomic E-state index is -0.461. The molecule has 0 bridgehead atoms. The molecule has 1 aromatic carbocycles. The van der Waals surface area contributed by atoms with E-state index >= 15 is 0 Å². The third kappa shape index (κ3) is 5.06. The summed E-state index contributed by atoms with van der Waals surface area (Å²) in [5.74, 6) is 0.262. The lowest BCUT2D eigenvalue weighted by molar-refractivity contribution is -0.178. The number of rotatable bonds is 6. The van der Waals surface area contributed by atoms with Gasteiger partial charge in [-0.2, -0.15) is 5.10 Å². The van der Waals surface area contributed by atoms with Gasteiger partial charge in [-0.3, -0.25) is 9.48 Å². The van der Waals surface area contributed by atoms with Crippen LogP contribution in [0.3, 0.4) is 0 Å². The van der Waals surface area contributed by atoms with Crippen molar-refractivity contribution in [3.8, 4) is 0 Å². The predicted octanol–water partition coefficient (Wildman–Crippen LogP) is 4.32. The maximum Gasteiger partial charge on any atom is 0.254 e. The molecule has 8 nitrogen and oxygen atoms in total. The Hall–Kier alpha value is -2.07. The molecule has 1 spiro atoms. The van der Waals surface area contributed by atoms with E-state index in [1.165, 1.54) is 24.2 Å². The Bertz CT molecular complexity index is 963. The molecule has 3 aliphatic rings. The summed E-state index contributed by atoms with van der Waals surface area (Å²) in [5, 5.41) is 8.02. The van der Waals surface area contributed by atoms with Crippen LogP contribution in [0.5, 0.6) is 0 Å². The third-order valence-corrected chi connectivity index (χ3v) is 8.16. The van der Waals surface area contributed by atoms with Gasteiger partial charge in [-0.1, -0.05) is 19.8 Å². The van der Waals surface area contributed by atoms with Crippen LogP contribution in [0.1, 0.15) is 61.8 Å². The van der Waals surface area contributed by atoms with E-state index in [0.29, 0.717) is 36.6 Å². The van der Waals surface area contributed by atoms with E-state index in [1.54, 1.807) is 11.9 Å². The molecule has 0 radical (unpaired) electrons. The van der Waals surface area contributed by atoms with Crippen molar-refractivity contribution < 1.29 is 14.3 Å². The first-order valence-electron chi connectivity index (χ1n) is 12.0. The molecule has 33 heavy (non-hydrogen) atoms. The summed E-state index contributed by atoms with van der Waals surface area (Å²) in [6.45, 7) is 5.54. The van der Waals surface area contributed by atoms with Gasteiger partial charge < -0.3 is 20.5 Å². The number of carbonyl (C=O) groups is 1. The van der Waals surface area contributed by atoms with Crippen LogP contribution in [0.25, 0.3) is 0 Å². The number of ether oxygens (including phenoxy) is 2. The highest BCUT2D eigenvalue weighted by Crippen LogP contribution is 2.36. The normalized spacial score (nSPS) is 25.4. The average molecular weight is 472 g/mol. The fourth-order valence-electron chi connectivity index (χ4n) is 5.11. The zero-order chi connectivity index (χ0) is 22.8. The second-order valence-electron chi connectivity index (χ2n) is 9.34. The van der Waals surface area contributed by atoms with Crippen molar-refractivity contribution in [3.63, 3.8) is 0 Å². The molecular formula is C24H33N5O3S. The molecule has 2 saturated heterocycles. The maximum atomic E-state index is 12.1. The lowest BCUT2D eigenvalue weighted by Gasteiger charge is -2.36. The number of piperidine rings is 1. The number of aromatic nitrogens is 2. The number of benzene rings is 1. The van der Waals surface area contributed by atoms with Crippen molar-refractivity contribution >= 4 is 29.4 Å². The Morgan fingerprint density at radius 3 is 2.52 bits per heavy atom. The van der Waals surface area contributed by atoms with Crippen LogP contribution < -0.4 is 11.1 Å². The highest BCUT2D eigenvalue weighted by molar-refractivity contribution is 7.97. The first-order valence-corrected chi connectivity index (χ1v) is 12.8. The highest BCUT2D eigenvalue weighted by atomic mass is 32.2. The van der Waals surface area contributed by atoms with Crippen molar-refractivity contribution in [1.29, 1.82) is 0 Å². The van der Waals surface area contributed by atoms with Gasteiger partial charge in [0.2, 0.25) is 0 Å². The number of nitrogens with zero attached hydrogens (tertiary/aromatic N) is 3. The minimum Gasteiger partial charge on any atom is -0.365 e. The highest BCUT2D eigenvalue weighted by Gasteiger charge is 2.40. The van der Waals surface area contributed by atoms with E-state index < -0.39 is 5.91 Å². The molecule has 2 aliphatic heterocycles. The fourth-order valence-corrected chi connectivity index (χ4v) is 6.03. The van der Waals surface area contributed by atoms with Crippen LogP contribution in [0.4, 0.5) is 11.5 Å². The van der Waals surface area contributed by atoms with Crippen molar-refractivity contribution in [1.82, 2.24) is 14.1 Å². The van der Waals surface area contributed by atoms with Gasteiger partial charge >= 0.3 is 0 Å². The Morgan fingerprint density at radius 2 is 1.85 bits per heavy atom. The number of hydrogen-bond donors (Lipinski definition) is 2. The quantitative estimate of drug-likeness (QED) is 0.606. The van der Waals surface area contributed by atoms with Crippen LogP contribution in [0, 0.1) is 5.92 Å². The number of anilines is 2. The number of carbonyl (C=O) groups excluding carboxylic acids is 1. The summed E-state index contributed by atoms with van der Waals surface area (Å²) in [4.78, 5) is 13.2. The minimum absolute atomic E-state index is 0.315. The fraction of sp³-hybridized carbons (Fsp3) is 0.583. The number of nitrogens with one attached hydrogen (secondary N) is 1. The Morgan fingerprint density at radius 1 is 1.15 bits per heavy atom. The summed E-state index contributed by atoms with van der Waals surface area (Å²) >= 11 is 1.75. The smallest absolute Gasteiger partial charge is 0.254 e. The first-order chi connectivity index (χ1) is 16.0. The van der Waals surface area contributed by atoms with E-state index in [9.17, 15) is 4.79 Å². The lowest BCUT2D eigenvalue weighted by Crippen LogP contribution is -2.42. The third-order valence-electron chi connectivity index (χ3n) is 7.05. The Kier molecular flexibility index (Phi) is 6.65. The largest absolute Gasteiger partial charge is 0.365 e. The summed E-state index contributed by atoms with van der Waals surface area (Å²) in [5.41, 5.74) is 6.98.